The van der Waals surface area contributed by atoms with E-state index < -0.39 is 12.4 Å². The summed E-state index contributed by atoms with van der Waals surface area (Å²) in [5, 5.41) is 27.2. The molecule has 3 aliphatic rings. The normalized spacial score (nSPS) is 16.5. The highest BCUT2D eigenvalue weighted by Gasteiger charge is 2.35. The van der Waals surface area contributed by atoms with Crippen LogP contribution in [-0.4, -0.2) is 97.5 Å². The predicted molar refractivity (Wildman–Crippen MR) is 192 cm³/mol. The van der Waals surface area contributed by atoms with Crippen molar-refractivity contribution in [3.63, 3.8) is 0 Å². The lowest BCUT2D eigenvalue weighted by molar-refractivity contribution is -0.129. The maximum Gasteiger partial charge on any atom is 0.338 e. The molecule has 4 aromatic heterocycles. The number of carboxylic acids is 1. The molecule has 0 unspecified atom stereocenters. The molecule has 0 saturated carbocycles. The van der Waals surface area contributed by atoms with Gasteiger partial charge in [-0.15, -0.1) is 5.10 Å². The Bertz CT molecular complexity index is 2170. The number of aromatic carboxylic acids is 1. The molecule has 0 atom stereocenters. The van der Waals surface area contributed by atoms with Gasteiger partial charge >= 0.3 is 5.97 Å². The molecule has 17 heteroatoms. The highest BCUT2D eigenvalue weighted by Crippen LogP contribution is 2.43. The molecule has 1 amide bonds. The standard InChI is InChI=1S/C37H42F2N12O3/c1-23(52)48-12-7-32-31(22-48)36(50-9-3-4-24-14-29(26-18-42-46(2)19-26)30(35(38)39)15-33(24)50)44-51(32)28-5-10-47(11-6-28)20-27-21-49(45-43-27)13-8-34-40-16-25(17-41-34)37(53)54/h14-19,21,28,35H,3-13,20,22H2,1-2H3,(H,53,54). The molecule has 0 bridgehead atoms. The number of carbonyl (C=O) groups is 2. The third-order valence-electron chi connectivity index (χ3n) is 10.8. The first kappa shape index (κ1) is 35.4. The van der Waals surface area contributed by atoms with Gasteiger partial charge in [-0.25, -0.2) is 23.5 Å². The molecular formula is C37H42F2N12O3. The maximum atomic E-state index is 14.6. The Morgan fingerprint density at radius 3 is 2.52 bits per heavy atom. The maximum absolute atomic E-state index is 14.6. The van der Waals surface area contributed by atoms with Gasteiger partial charge in [0, 0.05) is 119 Å². The summed E-state index contributed by atoms with van der Waals surface area (Å²) in [5.74, 6) is 0.240. The van der Waals surface area contributed by atoms with Gasteiger partial charge in [0.05, 0.1) is 30.0 Å². The molecule has 0 spiro atoms. The Morgan fingerprint density at radius 1 is 1.02 bits per heavy atom. The molecule has 1 aromatic carbocycles. The number of nitrogens with zero attached hydrogens (tertiary/aromatic N) is 12. The summed E-state index contributed by atoms with van der Waals surface area (Å²) >= 11 is 0. The average Bonchev–Trinajstić information content (AvgIpc) is 3.92. The van der Waals surface area contributed by atoms with Crippen molar-refractivity contribution in [1.82, 2.24) is 54.3 Å². The highest BCUT2D eigenvalue weighted by molar-refractivity contribution is 5.86. The molecule has 8 rings (SSSR count). The fraction of sp³-hybridized carbons (Fsp3) is 0.459. The number of halogens is 2. The number of carbonyl (C=O) groups excluding carboxylic acids is 1. The average molecular weight is 741 g/mol. The van der Waals surface area contributed by atoms with Gasteiger partial charge in [0.25, 0.3) is 6.43 Å². The van der Waals surface area contributed by atoms with E-state index in [9.17, 15) is 18.4 Å². The van der Waals surface area contributed by atoms with Crippen LogP contribution in [0.4, 0.5) is 20.3 Å². The number of anilines is 2. The molecule has 5 aromatic rings. The van der Waals surface area contributed by atoms with Gasteiger partial charge in [-0.3, -0.25) is 23.7 Å². The molecule has 0 radical (unpaired) electrons. The van der Waals surface area contributed by atoms with Crippen molar-refractivity contribution in [1.29, 1.82) is 0 Å². The topological polar surface area (TPSA) is 156 Å². The van der Waals surface area contributed by atoms with Crippen LogP contribution in [0.3, 0.4) is 0 Å². The Morgan fingerprint density at radius 2 is 1.81 bits per heavy atom. The van der Waals surface area contributed by atoms with E-state index in [0.717, 1.165) is 72.8 Å². The van der Waals surface area contributed by atoms with Crippen LogP contribution in [0.1, 0.15) is 82.9 Å². The quantitative estimate of drug-likeness (QED) is 0.217. The van der Waals surface area contributed by atoms with E-state index in [1.54, 1.807) is 41.8 Å². The molecule has 1 N–H and O–H groups in total. The predicted octanol–water partition coefficient (Wildman–Crippen LogP) is 4.37. The lowest BCUT2D eigenvalue weighted by Crippen LogP contribution is -2.37. The van der Waals surface area contributed by atoms with Crippen molar-refractivity contribution in [2.45, 2.75) is 77.6 Å². The largest absolute Gasteiger partial charge is 0.478 e. The molecule has 1 fully saturated rings. The van der Waals surface area contributed by atoms with Crippen LogP contribution in [0.2, 0.25) is 0 Å². The van der Waals surface area contributed by atoms with Crippen molar-refractivity contribution >= 4 is 23.4 Å². The number of fused-ring (bicyclic) bond motifs is 2. The second-order valence-corrected chi connectivity index (χ2v) is 14.3. The number of piperidine rings is 1. The van der Waals surface area contributed by atoms with Crippen LogP contribution in [-0.2, 0) is 50.7 Å². The summed E-state index contributed by atoms with van der Waals surface area (Å²) < 4.78 is 34.8. The summed E-state index contributed by atoms with van der Waals surface area (Å²) in [6.45, 7) is 6.14. The van der Waals surface area contributed by atoms with Crippen molar-refractivity contribution < 1.29 is 23.5 Å². The van der Waals surface area contributed by atoms with Crippen LogP contribution in [0, 0.1) is 0 Å². The summed E-state index contributed by atoms with van der Waals surface area (Å²) in [6, 6.07) is 3.69. The lowest BCUT2D eigenvalue weighted by Gasteiger charge is -2.33. The fourth-order valence-electron chi connectivity index (χ4n) is 7.96. The monoisotopic (exact) mass is 740 g/mol. The number of rotatable bonds is 10. The van der Waals surface area contributed by atoms with E-state index in [1.807, 2.05) is 17.2 Å². The number of benzene rings is 1. The van der Waals surface area contributed by atoms with E-state index in [4.69, 9.17) is 10.2 Å². The van der Waals surface area contributed by atoms with Crippen LogP contribution in [0.5, 0.6) is 0 Å². The third-order valence-corrected chi connectivity index (χ3v) is 10.8. The molecule has 7 heterocycles. The van der Waals surface area contributed by atoms with Crippen molar-refractivity contribution in [3.8, 4) is 11.1 Å². The van der Waals surface area contributed by atoms with Gasteiger partial charge < -0.3 is 14.9 Å². The summed E-state index contributed by atoms with van der Waals surface area (Å²) in [4.78, 5) is 38.2. The van der Waals surface area contributed by atoms with Gasteiger partial charge in [0.15, 0.2) is 5.82 Å². The minimum absolute atomic E-state index is 0.00691. The van der Waals surface area contributed by atoms with Crippen molar-refractivity contribution in [2.24, 2.45) is 7.05 Å². The number of likely N-dealkylation sites (tertiary alicyclic amines) is 1. The molecule has 282 valence electrons. The van der Waals surface area contributed by atoms with Gasteiger partial charge in [0.2, 0.25) is 5.91 Å². The Kier molecular flexibility index (Phi) is 9.64. The molecular weight excluding hydrogens is 698 g/mol. The summed E-state index contributed by atoms with van der Waals surface area (Å²) in [6.07, 6.45) is 9.82. The number of alkyl halides is 2. The van der Waals surface area contributed by atoms with Crippen LogP contribution >= 0.6 is 0 Å². The zero-order chi connectivity index (χ0) is 37.5. The number of amides is 1. The first-order valence-corrected chi connectivity index (χ1v) is 18.3. The summed E-state index contributed by atoms with van der Waals surface area (Å²) in [7, 11) is 1.78. The molecule has 54 heavy (non-hydrogen) atoms. The van der Waals surface area contributed by atoms with Crippen molar-refractivity contribution in [2.75, 3.05) is 31.1 Å². The van der Waals surface area contributed by atoms with Crippen molar-refractivity contribution in [3.05, 3.63) is 82.6 Å². The minimum atomic E-state index is -2.66. The smallest absolute Gasteiger partial charge is 0.338 e. The van der Waals surface area contributed by atoms with E-state index in [2.05, 4.69) is 39.9 Å². The Balaban J connectivity index is 0.993. The van der Waals surface area contributed by atoms with Crippen LogP contribution in [0.15, 0.2) is 43.1 Å². The number of aromatic nitrogens is 9. The molecule has 3 aliphatic heterocycles. The number of aryl methyl sites for hydroxylation is 4. The van der Waals surface area contributed by atoms with Crippen LogP contribution < -0.4 is 4.90 Å². The van der Waals surface area contributed by atoms with Gasteiger partial charge in [-0.05, 0) is 48.9 Å². The van der Waals surface area contributed by atoms with E-state index >= 15 is 0 Å². The number of carboxylic acid groups (broad SMARTS) is 1. The lowest BCUT2D eigenvalue weighted by atomic mass is 9.92. The zero-order valence-corrected chi connectivity index (χ0v) is 30.3. The fourth-order valence-corrected chi connectivity index (χ4v) is 7.96. The third kappa shape index (κ3) is 7.07. The van der Waals surface area contributed by atoms with E-state index in [0.29, 0.717) is 62.5 Å². The SMILES string of the molecule is CC(=O)N1CCc2c(c(N3CCCc4cc(-c5cnn(C)c5)c(C(F)F)cc43)nn2C2CCN(Cc3cn(CCc4ncc(C(=O)O)cn4)nn3)CC2)C1. The first-order chi connectivity index (χ1) is 26.1. The second kappa shape index (κ2) is 14.7. The Labute approximate surface area is 310 Å². The second-order valence-electron chi connectivity index (χ2n) is 14.3. The number of hydrogen-bond donors (Lipinski definition) is 1. The summed E-state index contributed by atoms with van der Waals surface area (Å²) in [5.41, 5.74) is 5.93. The highest BCUT2D eigenvalue weighted by atomic mass is 19.3. The molecule has 15 nitrogen and oxygen atoms in total. The first-order valence-electron chi connectivity index (χ1n) is 18.3. The zero-order valence-electron chi connectivity index (χ0n) is 30.3. The molecule has 1 saturated heterocycles. The Hall–Kier alpha value is -5.58. The van der Waals surface area contributed by atoms with Crippen LogP contribution in [0.25, 0.3) is 11.1 Å². The van der Waals surface area contributed by atoms with E-state index in [-0.39, 0.29) is 23.1 Å². The molecule has 0 aliphatic carbocycles. The van der Waals surface area contributed by atoms with E-state index in [1.165, 1.54) is 12.4 Å². The van der Waals surface area contributed by atoms with Gasteiger partial charge in [-0.2, -0.15) is 10.2 Å². The minimum Gasteiger partial charge on any atom is -0.478 e. The number of hydrogen-bond acceptors (Lipinski definition) is 10. The van der Waals surface area contributed by atoms with Gasteiger partial charge in [0.1, 0.15) is 5.82 Å². The van der Waals surface area contributed by atoms with Gasteiger partial charge in [-0.1, -0.05) is 5.21 Å².